The Hall–Kier alpha value is -1.34. The molecule has 0 aliphatic rings. The van der Waals surface area contributed by atoms with Gasteiger partial charge in [-0.3, -0.25) is 4.79 Å². The van der Waals surface area contributed by atoms with Gasteiger partial charge in [0.05, 0.1) is 17.2 Å². The molecule has 36 heavy (non-hydrogen) atoms. The van der Waals surface area contributed by atoms with Crippen molar-refractivity contribution >= 4 is 17.5 Å². The Bertz CT molecular complexity index is 845. The molecule has 0 radical (unpaired) electrons. The second kappa shape index (κ2) is 20.7. The summed E-state index contributed by atoms with van der Waals surface area (Å²) < 4.78 is 7.96. The molecule has 0 spiro atoms. The maximum Gasteiger partial charge on any atom is 0.252 e. The number of aryl methyl sites for hydroxylation is 1. The minimum atomic E-state index is -0.0860. The molecular weight excluding hydrogens is 583 g/mol. The quantitative estimate of drug-likeness (QED) is 0.134. The van der Waals surface area contributed by atoms with E-state index in [2.05, 4.69) is 23.7 Å². The van der Waals surface area contributed by atoms with Crippen LogP contribution in [-0.2, 0) is 13.1 Å². The zero-order valence-electron chi connectivity index (χ0n) is 22.4. The van der Waals surface area contributed by atoms with E-state index in [9.17, 15) is 4.79 Å². The fourth-order valence-corrected chi connectivity index (χ4v) is 4.45. The van der Waals surface area contributed by atoms with Gasteiger partial charge in [0, 0.05) is 25.1 Å². The van der Waals surface area contributed by atoms with E-state index < -0.39 is 0 Å². The molecule has 6 heteroatoms. The maximum absolute atomic E-state index is 12.4. The number of benzene rings is 1. The Morgan fingerprint density at radius 3 is 1.97 bits per heavy atom. The van der Waals surface area contributed by atoms with Crippen LogP contribution in [0.3, 0.4) is 0 Å². The number of carbonyl (C=O) groups excluding carboxylic acids is 1. The summed E-state index contributed by atoms with van der Waals surface area (Å²) in [7, 11) is 0. The number of aromatic nitrogens is 1. The molecule has 4 nitrogen and oxygen atoms in total. The molecule has 1 heterocycles. The maximum atomic E-state index is 12.4. The molecule has 0 atom stereocenters. The van der Waals surface area contributed by atoms with Crippen LogP contribution in [0.1, 0.15) is 113 Å². The molecule has 0 bridgehead atoms. The number of unbranched alkanes of at least 4 members (excludes halogenated alkanes) is 11. The first-order valence-electron chi connectivity index (χ1n) is 13.8. The lowest BCUT2D eigenvalue weighted by Gasteiger charge is -2.10. The molecule has 0 saturated heterocycles. The van der Waals surface area contributed by atoms with Gasteiger partial charge >= 0.3 is 0 Å². The minimum Gasteiger partial charge on any atom is -1.00 e. The van der Waals surface area contributed by atoms with E-state index in [1.165, 1.54) is 70.6 Å². The Morgan fingerprint density at radius 1 is 0.833 bits per heavy atom. The standard InChI is InChI=1S/C30H45ClN2O2.HI/c1-3-5-6-7-8-9-10-11-12-13-14-15-23-35-29-17-16-26(24-28(29)31)25-32-30(34)27-18-21-33(20-4-2)22-19-27;/h16-19,21-22,24H,3-15,20,23,25H2,1-2H3;1H. The van der Waals surface area contributed by atoms with Crippen LogP contribution in [0.15, 0.2) is 42.7 Å². The SMILES string of the molecule is CCCCCCCCCCCCCCOc1ccc(CNC(=O)c2cc[n+](CCC)cc2)cc1Cl.[I-]. The number of rotatable bonds is 19. The smallest absolute Gasteiger partial charge is 0.252 e. The lowest BCUT2D eigenvalue weighted by atomic mass is 10.1. The van der Waals surface area contributed by atoms with Gasteiger partial charge in [0.15, 0.2) is 12.4 Å². The number of hydrogen-bond acceptors (Lipinski definition) is 2. The predicted molar refractivity (Wildman–Crippen MR) is 146 cm³/mol. The van der Waals surface area contributed by atoms with E-state index >= 15 is 0 Å². The molecule has 1 amide bonds. The molecule has 1 aromatic carbocycles. The van der Waals surface area contributed by atoms with Gasteiger partial charge in [-0.15, -0.1) is 0 Å². The van der Waals surface area contributed by atoms with Crippen molar-refractivity contribution in [1.82, 2.24) is 5.32 Å². The van der Waals surface area contributed by atoms with Crippen LogP contribution < -0.4 is 38.6 Å². The lowest BCUT2D eigenvalue weighted by Crippen LogP contribution is -3.00. The molecule has 0 aliphatic heterocycles. The van der Waals surface area contributed by atoms with Crippen molar-refractivity contribution in [3.8, 4) is 5.75 Å². The van der Waals surface area contributed by atoms with Gasteiger partial charge in [-0.2, -0.15) is 0 Å². The largest absolute Gasteiger partial charge is 1.00 e. The van der Waals surface area contributed by atoms with Gasteiger partial charge in [-0.05, 0) is 24.1 Å². The summed E-state index contributed by atoms with van der Waals surface area (Å²) in [6.45, 7) is 6.48. The number of hydrogen-bond donors (Lipinski definition) is 1. The van der Waals surface area contributed by atoms with E-state index in [1.54, 1.807) is 0 Å². The van der Waals surface area contributed by atoms with Crippen molar-refractivity contribution in [2.75, 3.05) is 6.61 Å². The minimum absolute atomic E-state index is 0. The summed E-state index contributed by atoms with van der Waals surface area (Å²) in [4.78, 5) is 12.4. The molecule has 2 aromatic rings. The monoisotopic (exact) mass is 628 g/mol. The fourth-order valence-electron chi connectivity index (χ4n) is 4.20. The normalized spacial score (nSPS) is 10.6. The molecular formula is C30H46ClIN2O2. The van der Waals surface area contributed by atoms with Crippen molar-refractivity contribution in [2.45, 2.75) is 110 Å². The van der Waals surface area contributed by atoms with Crippen LogP contribution in [-0.4, -0.2) is 12.5 Å². The van der Waals surface area contributed by atoms with Gasteiger partial charge in [0.2, 0.25) is 0 Å². The Kier molecular flexibility index (Phi) is 18.8. The number of pyridine rings is 1. The lowest BCUT2D eigenvalue weighted by molar-refractivity contribution is -0.697. The van der Waals surface area contributed by atoms with Crippen LogP contribution in [0.2, 0.25) is 5.02 Å². The fraction of sp³-hybridized carbons (Fsp3) is 0.600. The van der Waals surface area contributed by atoms with Crippen LogP contribution >= 0.6 is 11.6 Å². The van der Waals surface area contributed by atoms with E-state index in [4.69, 9.17) is 16.3 Å². The third-order valence-corrected chi connectivity index (χ3v) is 6.64. The Labute approximate surface area is 241 Å². The van der Waals surface area contributed by atoms with Crippen molar-refractivity contribution < 1.29 is 38.1 Å². The molecule has 0 fully saturated rings. The number of ether oxygens (including phenoxy) is 1. The number of carbonyl (C=O) groups is 1. The van der Waals surface area contributed by atoms with Crippen molar-refractivity contribution in [3.05, 3.63) is 58.9 Å². The highest BCUT2D eigenvalue weighted by Crippen LogP contribution is 2.26. The van der Waals surface area contributed by atoms with Crippen LogP contribution in [0.25, 0.3) is 0 Å². The third kappa shape index (κ3) is 13.8. The van der Waals surface area contributed by atoms with Crippen molar-refractivity contribution in [3.63, 3.8) is 0 Å². The molecule has 0 saturated carbocycles. The number of halogens is 2. The molecule has 1 aromatic heterocycles. The summed E-state index contributed by atoms with van der Waals surface area (Å²) in [6, 6.07) is 9.44. The molecule has 2 rings (SSSR count). The number of amides is 1. The number of nitrogens with one attached hydrogen (secondary N) is 1. The van der Waals surface area contributed by atoms with Crippen LogP contribution in [0.4, 0.5) is 0 Å². The summed E-state index contributed by atoms with van der Waals surface area (Å²) in [5, 5.41) is 3.55. The van der Waals surface area contributed by atoms with E-state index in [0.29, 0.717) is 29.5 Å². The van der Waals surface area contributed by atoms with Gasteiger partial charge in [-0.1, -0.05) is 102 Å². The molecule has 1 N–H and O–H groups in total. The van der Waals surface area contributed by atoms with E-state index in [0.717, 1.165) is 24.9 Å². The van der Waals surface area contributed by atoms with Gasteiger partial charge in [0.1, 0.15) is 12.3 Å². The van der Waals surface area contributed by atoms with Gasteiger partial charge in [0.25, 0.3) is 5.91 Å². The first-order valence-corrected chi connectivity index (χ1v) is 14.2. The zero-order valence-corrected chi connectivity index (χ0v) is 25.3. The first-order chi connectivity index (χ1) is 17.1. The average Bonchev–Trinajstić information content (AvgIpc) is 2.87. The van der Waals surface area contributed by atoms with Crippen LogP contribution in [0.5, 0.6) is 5.75 Å². The average molecular weight is 629 g/mol. The van der Waals surface area contributed by atoms with Gasteiger partial charge < -0.3 is 34.0 Å². The molecule has 0 unspecified atom stereocenters. The highest BCUT2D eigenvalue weighted by Gasteiger charge is 2.09. The Balaban J connectivity index is 0.00000648. The molecule has 0 aliphatic carbocycles. The first kappa shape index (κ1) is 32.7. The summed E-state index contributed by atoms with van der Waals surface area (Å²) >= 11 is 6.42. The second-order valence-corrected chi connectivity index (χ2v) is 9.92. The topological polar surface area (TPSA) is 42.2 Å². The highest BCUT2D eigenvalue weighted by molar-refractivity contribution is 6.32. The van der Waals surface area contributed by atoms with E-state index in [-0.39, 0.29) is 29.9 Å². The zero-order chi connectivity index (χ0) is 25.1. The van der Waals surface area contributed by atoms with Crippen molar-refractivity contribution in [1.29, 1.82) is 0 Å². The highest BCUT2D eigenvalue weighted by atomic mass is 127. The van der Waals surface area contributed by atoms with Crippen molar-refractivity contribution in [2.24, 2.45) is 0 Å². The Morgan fingerprint density at radius 2 is 1.42 bits per heavy atom. The third-order valence-electron chi connectivity index (χ3n) is 6.34. The summed E-state index contributed by atoms with van der Waals surface area (Å²) in [5.74, 6) is 0.630. The molecule has 202 valence electrons. The number of nitrogens with zero attached hydrogens (tertiary/aromatic N) is 1. The second-order valence-electron chi connectivity index (χ2n) is 9.51. The summed E-state index contributed by atoms with van der Waals surface area (Å²) in [6.07, 6.45) is 20.9. The van der Waals surface area contributed by atoms with Gasteiger partial charge in [-0.25, -0.2) is 4.57 Å². The van der Waals surface area contributed by atoms with Crippen LogP contribution in [0, 0.1) is 0 Å². The predicted octanol–water partition coefficient (Wildman–Crippen LogP) is 5.05. The summed E-state index contributed by atoms with van der Waals surface area (Å²) in [5.41, 5.74) is 1.61. The van der Waals surface area contributed by atoms with E-state index in [1.807, 2.05) is 42.7 Å².